The Balaban J connectivity index is 1.33. The van der Waals surface area contributed by atoms with Crippen molar-refractivity contribution in [1.82, 2.24) is 0 Å². The Labute approximate surface area is 272 Å². The minimum atomic E-state index is -1.93. The average molecular weight is 643 g/mol. The predicted octanol–water partition coefficient (Wildman–Crippen LogP) is 11.2. The molecule has 0 aliphatic rings. The number of thiophene rings is 1. The predicted molar refractivity (Wildman–Crippen MR) is 190 cm³/mol. The van der Waals surface area contributed by atoms with E-state index in [4.69, 9.17) is 18.0 Å². The summed E-state index contributed by atoms with van der Waals surface area (Å²) in [5, 5.41) is 0.936. The second-order valence-electron chi connectivity index (χ2n) is 12.2. The Bertz CT molecular complexity index is 1280. The van der Waals surface area contributed by atoms with Crippen LogP contribution in [-0.2, 0) is 21.7 Å². The highest BCUT2D eigenvalue weighted by molar-refractivity contribution is 7.15. The molecular formula is C37H58O5SSi. The van der Waals surface area contributed by atoms with E-state index in [2.05, 4.69) is 40.3 Å². The Morgan fingerprint density at radius 1 is 0.773 bits per heavy atom. The van der Waals surface area contributed by atoms with Crippen molar-refractivity contribution in [1.29, 1.82) is 0 Å². The molecule has 5 nitrogen and oxygen atoms in total. The van der Waals surface area contributed by atoms with Gasteiger partial charge in [0.2, 0.25) is 0 Å². The summed E-state index contributed by atoms with van der Waals surface area (Å²) in [6.07, 6.45) is 18.2. The molecule has 1 aromatic carbocycles. The number of ether oxygens (including phenoxy) is 1. The lowest BCUT2D eigenvalue weighted by Crippen LogP contribution is -2.38. The zero-order chi connectivity index (χ0) is 31.6. The van der Waals surface area contributed by atoms with Crippen molar-refractivity contribution < 1.29 is 18.0 Å². The zero-order valence-electron chi connectivity index (χ0n) is 28.3. The van der Waals surface area contributed by atoms with Crippen molar-refractivity contribution in [2.24, 2.45) is 0 Å². The Morgan fingerprint density at radius 2 is 1.43 bits per heavy atom. The van der Waals surface area contributed by atoms with Crippen molar-refractivity contribution in [3.8, 4) is 16.2 Å². The quantitative estimate of drug-likeness (QED) is 0.0553. The van der Waals surface area contributed by atoms with Crippen LogP contribution in [0.1, 0.15) is 122 Å². The normalized spacial score (nSPS) is 11.9. The lowest BCUT2D eigenvalue weighted by molar-refractivity contribution is 0.188. The fourth-order valence-corrected chi connectivity index (χ4v) is 9.72. The molecule has 0 aliphatic heterocycles. The van der Waals surface area contributed by atoms with Crippen molar-refractivity contribution in [3.63, 3.8) is 0 Å². The number of unbranched alkanes of at least 4 members (excludes halogenated alkanes) is 11. The first-order valence-electron chi connectivity index (χ1n) is 17.5. The summed E-state index contributed by atoms with van der Waals surface area (Å²) in [5.74, 6) is 0.766. The van der Waals surface area contributed by atoms with Crippen LogP contribution in [0.25, 0.3) is 21.4 Å². The molecule has 0 radical (unpaired) electrons. The van der Waals surface area contributed by atoms with E-state index in [9.17, 15) is 4.79 Å². The van der Waals surface area contributed by atoms with Gasteiger partial charge in [-0.15, -0.1) is 11.3 Å². The van der Waals surface area contributed by atoms with Crippen LogP contribution in [0.3, 0.4) is 0 Å². The first kappa shape index (κ1) is 36.5. The summed E-state index contributed by atoms with van der Waals surface area (Å²) in [6, 6.07) is 11.3. The number of fused-ring (bicyclic) bond motifs is 1. The van der Waals surface area contributed by atoms with Gasteiger partial charge in [0.25, 0.3) is 0 Å². The van der Waals surface area contributed by atoms with Gasteiger partial charge in [-0.25, -0.2) is 4.79 Å². The average Bonchev–Trinajstić information content (AvgIpc) is 3.42. The summed E-state index contributed by atoms with van der Waals surface area (Å²) in [7, 11) is -1.93. The molecule has 0 unspecified atom stereocenters. The maximum atomic E-state index is 13.0. The van der Waals surface area contributed by atoms with Crippen LogP contribution in [0.5, 0.6) is 5.75 Å². The maximum absolute atomic E-state index is 13.0. The van der Waals surface area contributed by atoms with E-state index >= 15 is 0 Å². The van der Waals surface area contributed by atoms with E-state index in [1.807, 2.05) is 24.3 Å². The molecule has 0 aliphatic carbocycles. The van der Waals surface area contributed by atoms with E-state index in [0.29, 0.717) is 17.8 Å². The summed E-state index contributed by atoms with van der Waals surface area (Å²) in [6.45, 7) is 12.9. The molecule has 0 N–H and O–H groups in total. The first-order chi connectivity index (χ1) is 21.4. The Morgan fingerprint density at radius 3 is 2.07 bits per heavy atom. The molecule has 2 aromatic heterocycles. The second kappa shape index (κ2) is 20.2. The van der Waals surface area contributed by atoms with Gasteiger partial charge in [0, 0.05) is 34.4 Å². The molecule has 0 bridgehead atoms. The molecule has 0 saturated heterocycles. The summed E-state index contributed by atoms with van der Waals surface area (Å²) >= 11 is 1.75. The van der Waals surface area contributed by atoms with Crippen molar-refractivity contribution in [2.75, 3.05) is 19.8 Å². The highest BCUT2D eigenvalue weighted by Gasteiger charge is 2.29. The Kier molecular flexibility index (Phi) is 16.8. The van der Waals surface area contributed by atoms with E-state index in [1.54, 1.807) is 11.3 Å². The van der Waals surface area contributed by atoms with Gasteiger partial charge in [-0.3, -0.25) is 0 Å². The molecule has 246 valence electrons. The lowest BCUT2D eigenvalue weighted by Gasteiger charge is -2.25. The number of rotatable bonds is 24. The molecule has 2 heterocycles. The van der Waals surface area contributed by atoms with Crippen molar-refractivity contribution >= 4 is 30.9 Å². The third-order valence-electron chi connectivity index (χ3n) is 8.41. The fourth-order valence-electron chi connectivity index (χ4n) is 5.94. The minimum absolute atomic E-state index is 0.265. The smallest absolute Gasteiger partial charge is 0.345 e. The summed E-state index contributed by atoms with van der Waals surface area (Å²) in [4.78, 5) is 15.5. The van der Waals surface area contributed by atoms with Gasteiger partial charge in [0.1, 0.15) is 11.3 Å². The summed E-state index contributed by atoms with van der Waals surface area (Å²) < 4.78 is 23.7. The van der Waals surface area contributed by atoms with E-state index in [0.717, 1.165) is 54.5 Å². The van der Waals surface area contributed by atoms with Gasteiger partial charge in [0.05, 0.1) is 12.2 Å². The van der Waals surface area contributed by atoms with Crippen LogP contribution in [0, 0.1) is 0 Å². The standard InChI is InChI=1S/C37H58O5SSi/c1-6-10-19-22-33-27-30(7-2)36(43-33)34-28-31-23-24-32(29-35(31)42-37(34)38)39-25-20-17-15-13-11-12-14-16-18-21-26-44(5,40-8-3)41-9-4/h23-24,27-29H,6-22,25-26H2,1-5H3. The SMILES string of the molecule is CCCCCc1cc(CC)c(-c2cc3ccc(OCCCCCCCCCCCC[Si](C)(OCC)OCC)cc3oc2=O)s1. The van der Waals surface area contributed by atoms with E-state index in [-0.39, 0.29) is 5.63 Å². The molecule has 0 saturated carbocycles. The fraction of sp³-hybridized carbons (Fsp3) is 0.649. The van der Waals surface area contributed by atoms with Gasteiger partial charge in [-0.1, -0.05) is 84.5 Å². The lowest BCUT2D eigenvalue weighted by atomic mass is 10.1. The third kappa shape index (κ3) is 12.1. The van der Waals surface area contributed by atoms with Crippen molar-refractivity contribution in [3.05, 3.63) is 51.2 Å². The van der Waals surface area contributed by atoms with Crippen LogP contribution >= 0.6 is 11.3 Å². The van der Waals surface area contributed by atoms with Gasteiger partial charge < -0.3 is 18.0 Å². The topological polar surface area (TPSA) is 57.9 Å². The van der Waals surface area contributed by atoms with Crippen LogP contribution < -0.4 is 10.4 Å². The van der Waals surface area contributed by atoms with Gasteiger partial charge in [0.15, 0.2) is 0 Å². The largest absolute Gasteiger partial charge is 0.493 e. The highest BCUT2D eigenvalue weighted by Crippen LogP contribution is 2.34. The van der Waals surface area contributed by atoms with Gasteiger partial charge in [-0.2, -0.15) is 0 Å². The monoisotopic (exact) mass is 642 g/mol. The van der Waals surface area contributed by atoms with Gasteiger partial charge >= 0.3 is 14.2 Å². The van der Waals surface area contributed by atoms with Crippen LogP contribution in [0.2, 0.25) is 12.6 Å². The van der Waals surface area contributed by atoms with Crippen LogP contribution in [0.15, 0.2) is 39.5 Å². The molecule has 0 amide bonds. The van der Waals surface area contributed by atoms with Gasteiger partial charge in [-0.05, 0) is 82.0 Å². The highest BCUT2D eigenvalue weighted by atomic mass is 32.1. The maximum Gasteiger partial charge on any atom is 0.345 e. The number of hydrogen-bond acceptors (Lipinski definition) is 6. The molecule has 0 atom stereocenters. The number of hydrogen-bond donors (Lipinski definition) is 0. The third-order valence-corrected chi connectivity index (χ3v) is 12.7. The van der Waals surface area contributed by atoms with Crippen LogP contribution in [-0.4, -0.2) is 28.4 Å². The molecule has 7 heteroatoms. The minimum Gasteiger partial charge on any atom is -0.493 e. The molecule has 0 fully saturated rings. The molecule has 0 spiro atoms. The molecule has 3 rings (SSSR count). The van der Waals surface area contributed by atoms with Crippen LogP contribution in [0.4, 0.5) is 0 Å². The molecule has 44 heavy (non-hydrogen) atoms. The zero-order valence-corrected chi connectivity index (χ0v) is 30.1. The second-order valence-corrected chi connectivity index (χ2v) is 16.6. The summed E-state index contributed by atoms with van der Waals surface area (Å²) in [5.41, 5.74) is 2.25. The first-order valence-corrected chi connectivity index (χ1v) is 20.9. The number of aryl methyl sites for hydroxylation is 2. The van der Waals surface area contributed by atoms with Crippen molar-refractivity contribution in [2.45, 2.75) is 137 Å². The molecular weight excluding hydrogens is 585 g/mol. The Hall–Kier alpha value is -1.93. The van der Waals surface area contributed by atoms with E-state index < -0.39 is 8.56 Å². The number of benzene rings is 1. The molecule has 3 aromatic rings. The van der Waals surface area contributed by atoms with E-state index in [1.165, 1.54) is 87.5 Å².